The van der Waals surface area contributed by atoms with Crippen molar-refractivity contribution in [2.75, 3.05) is 0 Å². The smallest absolute Gasteiger partial charge is 0.271 e. The van der Waals surface area contributed by atoms with Crippen LogP contribution in [0.25, 0.3) is 0 Å². The fourth-order valence-corrected chi connectivity index (χ4v) is 1.87. The van der Waals surface area contributed by atoms with E-state index in [4.69, 9.17) is 5.84 Å². The molecule has 0 aliphatic heterocycles. The molecule has 10 heteroatoms. The van der Waals surface area contributed by atoms with Crippen LogP contribution in [0.4, 0.5) is 35.1 Å². The maximum Gasteiger partial charge on any atom is 0.402 e. The summed E-state index contributed by atoms with van der Waals surface area (Å²) < 4.78 is 103. The van der Waals surface area contributed by atoms with Crippen molar-refractivity contribution in [1.82, 2.24) is 5.43 Å². The number of halogens is 8. The zero-order chi connectivity index (χ0) is 16.6. The van der Waals surface area contributed by atoms with E-state index in [0.29, 0.717) is 6.07 Å². The van der Waals surface area contributed by atoms with E-state index in [1.807, 2.05) is 0 Å². The van der Waals surface area contributed by atoms with E-state index in [1.54, 1.807) is 0 Å². The molecule has 0 saturated heterocycles. The Morgan fingerprint density at radius 1 is 1.00 bits per heavy atom. The van der Waals surface area contributed by atoms with Gasteiger partial charge in [0.25, 0.3) is 0 Å². The van der Waals surface area contributed by atoms with Gasteiger partial charge in [-0.2, -0.15) is 26.3 Å². The second-order valence-corrected chi connectivity index (χ2v) is 4.30. The van der Waals surface area contributed by atoms with Crippen LogP contribution in [-0.4, -0.2) is 12.4 Å². The third kappa shape index (κ3) is 3.62. The summed E-state index contributed by atoms with van der Waals surface area (Å²) in [5, 5.41) is 0. The minimum Gasteiger partial charge on any atom is -0.271 e. The summed E-state index contributed by atoms with van der Waals surface area (Å²) in [6, 6.07) is -1.38. The van der Waals surface area contributed by atoms with Crippen LogP contribution in [0.1, 0.15) is 17.2 Å². The quantitative estimate of drug-likeness (QED) is 0.508. The number of alkyl halides is 6. The zero-order valence-electron chi connectivity index (χ0n) is 10.4. The number of hydrogen-bond donors (Lipinski definition) is 2. The van der Waals surface area contributed by atoms with Crippen molar-refractivity contribution < 1.29 is 35.1 Å². The Morgan fingerprint density at radius 3 is 1.86 bits per heavy atom. The van der Waals surface area contributed by atoms with E-state index >= 15 is 0 Å². The first-order valence-electron chi connectivity index (χ1n) is 5.45. The third-order valence-electron chi connectivity index (χ3n) is 2.85. The van der Waals surface area contributed by atoms with E-state index < -0.39 is 41.5 Å². The van der Waals surface area contributed by atoms with E-state index in [9.17, 15) is 35.1 Å². The first kappa shape index (κ1) is 17.6. The highest BCUT2D eigenvalue weighted by molar-refractivity contribution is 5.30. The van der Waals surface area contributed by atoms with Crippen LogP contribution >= 0.6 is 0 Å². The fraction of sp³-hybridized carbons (Fsp3) is 0.455. The Bertz CT molecular complexity index is 494. The van der Waals surface area contributed by atoms with Gasteiger partial charge in [-0.1, -0.05) is 6.07 Å². The normalized spacial score (nSPS) is 14.6. The number of nitrogens with two attached hydrogens (primary N) is 1. The molecule has 0 bridgehead atoms. The molecule has 0 aromatic heterocycles. The highest BCUT2D eigenvalue weighted by Gasteiger charge is 2.61. The number of aryl methyl sites for hydroxylation is 1. The van der Waals surface area contributed by atoms with Gasteiger partial charge in [0.2, 0.25) is 0 Å². The van der Waals surface area contributed by atoms with Crippen LogP contribution in [0, 0.1) is 24.5 Å². The molecular formula is C11H10F8N2. The lowest BCUT2D eigenvalue weighted by atomic mass is 9.90. The maximum atomic E-state index is 13.8. The molecule has 0 saturated carbocycles. The van der Waals surface area contributed by atoms with Gasteiger partial charge in [0.15, 0.2) is 5.92 Å². The van der Waals surface area contributed by atoms with Gasteiger partial charge in [-0.25, -0.2) is 8.78 Å². The SMILES string of the molecule is Cc1ccc(F)c(C(NN)C(C(F)(F)F)C(F)(F)F)c1F. The molecular weight excluding hydrogens is 312 g/mol. The molecule has 1 atom stereocenters. The average Bonchev–Trinajstić information content (AvgIpc) is 2.29. The molecule has 0 heterocycles. The van der Waals surface area contributed by atoms with Crippen molar-refractivity contribution in [3.63, 3.8) is 0 Å². The highest BCUT2D eigenvalue weighted by atomic mass is 19.4. The Labute approximate surface area is 113 Å². The minimum absolute atomic E-state index is 0.310. The fourth-order valence-electron chi connectivity index (χ4n) is 1.87. The summed E-state index contributed by atoms with van der Waals surface area (Å²) in [5.74, 6) is -2.42. The molecule has 0 radical (unpaired) electrons. The zero-order valence-corrected chi connectivity index (χ0v) is 10.4. The van der Waals surface area contributed by atoms with Crippen LogP contribution in [0.2, 0.25) is 0 Å². The highest BCUT2D eigenvalue weighted by Crippen LogP contribution is 2.47. The van der Waals surface area contributed by atoms with Gasteiger partial charge in [0, 0.05) is 5.56 Å². The number of rotatable bonds is 3. The van der Waals surface area contributed by atoms with Gasteiger partial charge in [-0.3, -0.25) is 11.3 Å². The number of benzene rings is 1. The number of hydrazine groups is 1. The van der Waals surface area contributed by atoms with E-state index in [0.717, 1.165) is 13.0 Å². The summed E-state index contributed by atoms with van der Waals surface area (Å²) >= 11 is 0. The van der Waals surface area contributed by atoms with E-state index in [-0.39, 0.29) is 5.56 Å². The van der Waals surface area contributed by atoms with Gasteiger partial charge >= 0.3 is 12.4 Å². The van der Waals surface area contributed by atoms with E-state index in [1.165, 1.54) is 5.43 Å². The Kier molecular flexibility index (Phi) is 4.83. The van der Waals surface area contributed by atoms with Crippen molar-refractivity contribution >= 4 is 0 Å². The van der Waals surface area contributed by atoms with Crippen molar-refractivity contribution in [2.24, 2.45) is 11.8 Å². The van der Waals surface area contributed by atoms with Crippen molar-refractivity contribution in [1.29, 1.82) is 0 Å². The predicted octanol–water partition coefficient (Wildman–Crippen LogP) is 3.52. The van der Waals surface area contributed by atoms with Crippen LogP contribution in [-0.2, 0) is 0 Å². The van der Waals surface area contributed by atoms with E-state index in [2.05, 4.69) is 0 Å². The van der Waals surface area contributed by atoms with Crippen molar-refractivity contribution in [3.8, 4) is 0 Å². The van der Waals surface area contributed by atoms with Crippen molar-refractivity contribution in [2.45, 2.75) is 25.3 Å². The van der Waals surface area contributed by atoms with Crippen molar-refractivity contribution in [3.05, 3.63) is 34.9 Å². The molecule has 0 fully saturated rings. The Hall–Kier alpha value is -1.42. The molecule has 1 unspecified atom stereocenters. The predicted molar refractivity (Wildman–Crippen MR) is 56.8 cm³/mol. The average molecular weight is 322 g/mol. The molecule has 1 aromatic carbocycles. The third-order valence-corrected chi connectivity index (χ3v) is 2.85. The largest absolute Gasteiger partial charge is 0.402 e. The molecule has 3 N–H and O–H groups in total. The molecule has 21 heavy (non-hydrogen) atoms. The van der Waals surface area contributed by atoms with Gasteiger partial charge in [-0.05, 0) is 18.6 Å². The van der Waals surface area contributed by atoms with Crippen LogP contribution in [0.3, 0.4) is 0 Å². The van der Waals surface area contributed by atoms with Gasteiger partial charge in [-0.15, -0.1) is 0 Å². The first-order chi connectivity index (χ1) is 9.41. The second-order valence-electron chi connectivity index (χ2n) is 4.30. The van der Waals surface area contributed by atoms with Crippen LogP contribution in [0.15, 0.2) is 12.1 Å². The lowest BCUT2D eigenvalue weighted by molar-refractivity contribution is -0.293. The van der Waals surface area contributed by atoms with Crippen LogP contribution < -0.4 is 11.3 Å². The standard InChI is InChI=1S/C11H10F8N2/c1-4-2-3-5(12)6(7(4)13)8(21-20)9(10(14,15)16)11(17,18)19/h2-3,8-9,21H,20H2,1H3. The summed E-state index contributed by atoms with van der Waals surface area (Å²) in [5.41, 5.74) is -0.495. The van der Waals surface area contributed by atoms with Crippen LogP contribution in [0.5, 0.6) is 0 Å². The lowest BCUT2D eigenvalue weighted by Crippen LogP contribution is -2.48. The molecule has 0 spiro atoms. The van der Waals surface area contributed by atoms with Gasteiger partial charge in [0.1, 0.15) is 11.6 Å². The second kappa shape index (κ2) is 5.76. The summed E-state index contributed by atoms with van der Waals surface area (Å²) in [6.45, 7) is 1.07. The topological polar surface area (TPSA) is 38.0 Å². The number of nitrogens with one attached hydrogen (secondary N) is 1. The van der Waals surface area contributed by atoms with Gasteiger partial charge in [0.05, 0.1) is 6.04 Å². The summed E-state index contributed by atoms with van der Waals surface area (Å²) in [6.07, 6.45) is -11.6. The molecule has 1 rings (SSSR count). The Balaban J connectivity index is 3.52. The molecule has 0 amide bonds. The Morgan fingerprint density at radius 2 is 1.48 bits per heavy atom. The molecule has 0 aliphatic rings. The number of hydrogen-bond acceptors (Lipinski definition) is 2. The maximum absolute atomic E-state index is 13.8. The summed E-state index contributed by atoms with van der Waals surface area (Å²) in [7, 11) is 0. The lowest BCUT2D eigenvalue weighted by Gasteiger charge is -2.31. The minimum atomic E-state index is -5.79. The first-order valence-corrected chi connectivity index (χ1v) is 5.45. The molecule has 2 nitrogen and oxygen atoms in total. The monoisotopic (exact) mass is 322 g/mol. The molecule has 120 valence electrons. The molecule has 1 aromatic rings. The molecule has 0 aliphatic carbocycles. The van der Waals surface area contributed by atoms with Gasteiger partial charge < -0.3 is 0 Å². The summed E-state index contributed by atoms with van der Waals surface area (Å²) in [4.78, 5) is 0.